The molecule has 46 heavy (non-hydrogen) atoms. The Balaban J connectivity index is 1.96. The molecule has 10 nitrogen and oxygen atoms in total. The third-order valence-electron chi connectivity index (χ3n) is 6.82. The molecule has 0 saturated heterocycles. The summed E-state index contributed by atoms with van der Waals surface area (Å²) in [4.78, 5) is 51.3. The lowest BCUT2D eigenvalue weighted by atomic mass is 9.89. The van der Waals surface area contributed by atoms with Crippen LogP contribution >= 0.6 is 11.6 Å². The van der Waals surface area contributed by atoms with Gasteiger partial charge < -0.3 is 15.2 Å². The summed E-state index contributed by atoms with van der Waals surface area (Å²) in [6, 6.07) is 9.37. The molecular weight excluding hydrogens is 650 g/mol. The van der Waals surface area contributed by atoms with Crippen molar-refractivity contribution in [3.63, 3.8) is 0 Å². The van der Waals surface area contributed by atoms with Crippen molar-refractivity contribution in [3.05, 3.63) is 75.2 Å². The van der Waals surface area contributed by atoms with Gasteiger partial charge in [-0.05, 0) is 55.7 Å². The first kappa shape index (κ1) is 36.3. The minimum Gasteiger partial charge on any atom is -0.467 e. The molecule has 17 heteroatoms. The van der Waals surface area contributed by atoms with Gasteiger partial charge in [-0.25, -0.2) is 14.3 Å². The van der Waals surface area contributed by atoms with Crippen LogP contribution in [0.25, 0.3) is 11.4 Å². The zero-order valence-electron chi connectivity index (χ0n) is 24.6. The van der Waals surface area contributed by atoms with E-state index in [4.69, 9.17) is 11.6 Å². The average Bonchev–Trinajstić information content (AvgIpc) is 3.25. The van der Waals surface area contributed by atoms with E-state index in [0.29, 0.717) is 9.25 Å². The Labute approximate surface area is 262 Å². The van der Waals surface area contributed by atoms with Gasteiger partial charge in [0.1, 0.15) is 12.1 Å². The maximum atomic E-state index is 13.5. The summed E-state index contributed by atoms with van der Waals surface area (Å²) >= 11 is 5.87. The van der Waals surface area contributed by atoms with Crippen molar-refractivity contribution in [1.82, 2.24) is 19.7 Å². The van der Waals surface area contributed by atoms with Gasteiger partial charge in [0.25, 0.3) is 0 Å². The van der Waals surface area contributed by atoms with Crippen molar-refractivity contribution < 1.29 is 50.6 Å². The van der Waals surface area contributed by atoms with E-state index >= 15 is 0 Å². The topological polar surface area (TPSA) is 133 Å². The molecule has 2 N–H and O–H groups in total. The van der Waals surface area contributed by atoms with Gasteiger partial charge in [0.15, 0.2) is 17.7 Å². The number of Topliss-reactive ketones (excluding diaryl/α,β-unsaturated/α-hetero) is 1. The van der Waals surface area contributed by atoms with Crippen LogP contribution in [0.4, 0.5) is 26.3 Å². The van der Waals surface area contributed by atoms with Gasteiger partial charge >= 0.3 is 24.0 Å². The molecule has 1 amide bonds. The van der Waals surface area contributed by atoms with Gasteiger partial charge in [0.2, 0.25) is 5.91 Å². The fourth-order valence-electron chi connectivity index (χ4n) is 4.51. The van der Waals surface area contributed by atoms with Crippen LogP contribution in [0.2, 0.25) is 5.02 Å². The lowest BCUT2D eigenvalue weighted by Gasteiger charge is -2.25. The lowest BCUT2D eigenvalue weighted by molar-refractivity contribution is -0.207. The quantitative estimate of drug-likeness (QED) is 0.213. The second-order valence-electron chi connectivity index (χ2n) is 10.9. The maximum Gasteiger partial charge on any atom is 0.416 e. The minimum atomic E-state index is -5.09. The Hall–Kier alpha value is -4.18. The first-order valence-corrected chi connectivity index (χ1v) is 13.9. The zero-order valence-corrected chi connectivity index (χ0v) is 25.3. The van der Waals surface area contributed by atoms with Gasteiger partial charge in [-0.15, -0.1) is 5.10 Å². The molecule has 3 rings (SSSR count). The molecule has 1 aromatic heterocycles. The molecule has 0 spiro atoms. The van der Waals surface area contributed by atoms with E-state index in [1.54, 1.807) is 0 Å². The van der Waals surface area contributed by atoms with Gasteiger partial charge in [-0.3, -0.25) is 14.2 Å². The monoisotopic (exact) mass is 678 g/mol. The van der Waals surface area contributed by atoms with Crippen molar-refractivity contribution in [3.8, 4) is 11.4 Å². The number of hydrogen-bond donors (Lipinski definition) is 2. The predicted molar refractivity (Wildman–Crippen MR) is 152 cm³/mol. The van der Waals surface area contributed by atoms with Crippen molar-refractivity contribution >= 4 is 29.3 Å². The van der Waals surface area contributed by atoms with E-state index in [2.05, 4.69) is 15.2 Å². The first-order valence-electron chi connectivity index (χ1n) is 13.5. The molecule has 1 heterocycles. The number of aliphatic hydroxyl groups is 1. The number of hydrogen-bond acceptors (Lipinski definition) is 7. The molecule has 250 valence electrons. The van der Waals surface area contributed by atoms with Crippen LogP contribution in [-0.4, -0.2) is 62.0 Å². The SMILES string of the molecule is COC(=O)C(C)(C)NC(=O)C[C@H](CC(=O)Cn1nc(-c2ccc(Cl)cc2)n(C[C@H](O)C(F)(F)F)c1=O)c1cccc(C(F)(F)F)c1. The molecule has 2 aromatic carbocycles. The number of esters is 1. The van der Waals surface area contributed by atoms with E-state index in [1.165, 1.54) is 44.2 Å². The number of carbonyl (C=O) groups excluding carboxylic acids is 3. The summed E-state index contributed by atoms with van der Waals surface area (Å²) in [6.07, 6.45) is -14.0. The van der Waals surface area contributed by atoms with E-state index in [-0.39, 0.29) is 22.0 Å². The third kappa shape index (κ3) is 9.19. The molecule has 0 fully saturated rings. The number of aromatic nitrogens is 3. The van der Waals surface area contributed by atoms with E-state index < -0.39 is 84.8 Å². The summed E-state index contributed by atoms with van der Waals surface area (Å²) < 4.78 is 85.6. The van der Waals surface area contributed by atoms with Gasteiger partial charge in [-0.1, -0.05) is 29.8 Å². The molecule has 0 bridgehead atoms. The highest BCUT2D eigenvalue weighted by atomic mass is 35.5. The number of amides is 1. The summed E-state index contributed by atoms with van der Waals surface area (Å²) in [5, 5.41) is 16.3. The zero-order chi connectivity index (χ0) is 34.6. The fourth-order valence-corrected chi connectivity index (χ4v) is 4.64. The van der Waals surface area contributed by atoms with Crippen molar-refractivity contribution in [1.29, 1.82) is 0 Å². The van der Waals surface area contributed by atoms with Crippen molar-refractivity contribution in [2.75, 3.05) is 7.11 Å². The van der Waals surface area contributed by atoms with E-state index in [0.717, 1.165) is 25.3 Å². The molecule has 0 saturated carbocycles. The first-order chi connectivity index (χ1) is 21.2. The highest BCUT2D eigenvalue weighted by Gasteiger charge is 2.39. The highest BCUT2D eigenvalue weighted by Crippen LogP contribution is 2.33. The third-order valence-corrected chi connectivity index (χ3v) is 7.08. The highest BCUT2D eigenvalue weighted by molar-refractivity contribution is 6.30. The molecule has 0 aliphatic rings. The Bertz CT molecular complexity index is 1630. The van der Waals surface area contributed by atoms with Gasteiger partial charge in [-0.2, -0.15) is 26.3 Å². The van der Waals surface area contributed by atoms with E-state index in [1.807, 2.05) is 0 Å². The lowest BCUT2D eigenvalue weighted by Crippen LogP contribution is -2.50. The Morgan fingerprint density at radius 2 is 1.65 bits per heavy atom. The standard InChI is InChI=1S/C29H29ClF6N4O6/c1-27(2,25(44)46-3)37-23(43)13-18(17-5-4-6-19(11-17)28(31,32)33)12-21(41)14-40-26(45)39(15-22(42)29(34,35)36)24(38-40)16-7-9-20(30)10-8-16/h4-11,18,22,42H,12-15H2,1-3H3,(H,37,43)/t18-,22-/m0/s1. The molecule has 0 radical (unpaired) electrons. The Kier molecular flexibility index (Phi) is 11.1. The van der Waals surface area contributed by atoms with Crippen LogP contribution in [0.1, 0.15) is 43.7 Å². The number of nitrogens with zero attached hydrogens (tertiary/aromatic N) is 3. The number of ether oxygens (including phenoxy) is 1. The Morgan fingerprint density at radius 3 is 2.22 bits per heavy atom. The molecule has 3 aromatic rings. The normalized spacial score (nSPS) is 13.6. The van der Waals surface area contributed by atoms with Crippen LogP contribution in [0, 0.1) is 0 Å². The average molecular weight is 679 g/mol. The molecular formula is C29H29ClF6N4O6. The number of methoxy groups -OCH3 is 1. The number of halogens is 7. The number of ketones is 1. The second kappa shape index (κ2) is 14.1. The van der Waals surface area contributed by atoms with E-state index in [9.17, 15) is 50.6 Å². The number of alkyl halides is 6. The van der Waals surface area contributed by atoms with Crippen molar-refractivity contribution in [2.24, 2.45) is 0 Å². The molecule has 0 aliphatic heterocycles. The maximum absolute atomic E-state index is 13.5. The summed E-state index contributed by atoms with van der Waals surface area (Å²) in [7, 11) is 1.09. The summed E-state index contributed by atoms with van der Waals surface area (Å²) in [5.74, 6) is -3.94. The molecule has 0 aliphatic carbocycles. The molecule has 2 atom stereocenters. The number of rotatable bonds is 12. The molecule has 0 unspecified atom stereocenters. The Morgan fingerprint density at radius 1 is 1.02 bits per heavy atom. The van der Waals surface area contributed by atoms with Crippen LogP contribution in [0.15, 0.2) is 53.3 Å². The summed E-state index contributed by atoms with van der Waals surface area (Å²) in [5.41, 5.74) is -3.68. The number of nitrogens with one attached hydrogen (secondary N) is 1. The van der Waals surface area contributed by atoms with Gasteiger partial charge in [0.05, 0.1) is 19.2 Å². The van der Waals surface area contributed by atoms with Crippen LogP contribution in [0.5, 0.6) is 0 Å². The number of benzene rings is 2. The minimum absolute atomic E-state index is 0.0535. The largest absolute Gasteiger partial charge is 0.467 e. The fraction of sp³-hybridized carbons (Fsp3) is 0.414. The second-order valence-corrected chi connectivity index (χ2v) is 11.3. The van der Waals surface area contributed by atoms with Crippen molar-refractivity contribution in [2.45, 2.75) is 69.7 Å². The smallest absolute Gasteiger partial charge is 0.416 e. The predicted octanol–water partition coefficient (Wildman–Crippen LogP) is 4.51. The summed E-state index contributed by atoms with van der Waals surface area (Å²) in [6.45, 7) is 0.576. The van der Waals surface area contributed by atoms with Crippen LogP contribution < -0.4 is 11.0 Å². The van der Waals surface area contributed by atoms with Gasteiger partial charge in [0, 0.05) is 23.4 Å². The van der Waals surface area contributed by atoms with Crippen LogP contribution in [-0.2, 0) is 38.4 Å². The van der Waals surface area contributed by atoms with Crippen LogP contribution in [0.3, 0.4) is 0 Å². The number of aliphatic hydroxyl groups excluding tert-OH is 1. The number of carbonyl (C=O) groups is 3.